The summed E-state index contributed by atoms with van der Waals surface area (Å²) >= 11 is 0. The van der Waals surface area contributed by atoms with Crippen molar-refractivity contribution in [2.45, 2.75) is 12.6 Å². The molecule has 4 N–H and O–H groups in total. The predicted molar refractivity (Wildman–Crippen MR) is 28.7 cm³/mol. The van der Waals surface area contributed by atoms with Crippen molar-refractivity contribution in [3.8, 4) is 0 Å². The molecule has 0 heterocycles. The summed E-state index contributed by atoms with van der Waals surface area (Å²) in [5.74, 6) is 0. The van der Waals surface area contributed by atoms with E-state index in [0.717, 1.165) is 0 Å². The second-order valence-electron chi connectivity index (χ2n) is 1.72. The summed E-state index contributed by atoms with van der Waals surface area (Å²) in [7, 11) is 1.53. The van der Waals surface area contributed by atoms with Gasteiger partial charge in [-0.25, -0.2) is 0 Å². The molecule has 0 radical (unpaired) electrons. The Morgan fingerprint density at radius 2 is 2.14 bits per heavy atom. The van der Waals surface area contributed by atoms with E-state index in [4.69, 9.17) is 16.2 Å². The van der Waals surface area contributed by atoms with Gasteiger partial charge in [-0.05, 0) is 6.92 Å². The van der Waals surface area contributed by atoms with Crippen molar-refractivity contribution in [2.75, 3.05) is 13.7 Å². The quantitative estimate of drug-likeness (QED) is 0.454. The minimum atomic E-state index is -0.639. The van der Waals surface area contributed by atoms with Gasteiger partial charge in [0.25, 0.3) is 0 Å². The molecule has 0 amide bonds. The van der Waals surface area contributed by atoms with Gasteiger partial charge < -0.3 is 16.2 Å². The molecular weight excluding hydrogens is 92.1 g/mol. The largest absolute Gasteiger partial charge is 0.363 e. The number of ether oxygens (including phenoxy) is 1. The Kier molecular flexibility index (Phi) is 2.22. The zero-order valence-electron chi connectivity index (χ0n) is 4.77. The smallest absolute Gasteiger partial charge is 0.125 e. The molecule has 0 aliphatic heterocycles. The Balaban J connectivity index is 3.36. The van der Waals surface area contributed by atoms with Crippen molar-refractivity contribution in [1.29, 1.82) is 0 Å². The van der Waals surface area contributed by atoms with Crippen LogP contribution in [0.1, 0.15) is 6.92 Å². The van der Waals surface area contributed by atoms with Gasteiger partial charge in [0.2, 0.25) is 0 Å². The fourth-order valence-corrected chi connectivity index (χ4v) is 0.0833. The molecular formula is C4H12N2O. The summed E-state index contributed by atoms with van der Waals surface area (Å²) < 4.78 is 4.74. The molecule has 0 aromatic carbocycles. The van der Waals surface area contributed by atoms with Crippen LogP contribution in [-0.2, 0) is 4.74 Å². The van der Waals surface area contributed by atoms with Gasteiger partial charge in [-0.3, -0.25) is 0 Å². The Labute approximate surface area is 43.6 Å². The molecule has 0 fully saturated rings. The minimum Gasteiger partial charge on any atom is -0.363 e. The van der Waals surface area contributed by atoms with Crippen LogP contribution in [-0.4, -0.2) is 19.4 Å². The first-order chi connectivity index (χ1) is 3.12. The molecule has 0 aromatic rings. The lowest BCUT2D eigenvalue weighted by Crippen LogP contribution is -2.45. The molecule has 0 aromatic heterocycles. The summed E-state index contributed by atoms with van der Waals surface area (Å²) in [6.45, 7) is 2.08. The third-order valence-electron chi connectivity index (χ3n) is 0.872. The molecule has 0 aliphatic rings. The maximum Gasteiger partial charge on any atom is 0.125 e. The summed E-state index contributed by atoms with van der Waals surface area (Å²) in [4.78, 5) is 0. The van der Waals surface area contributed by atoms with E-state index in [-0.39, 0.29) is 0 Å². The molecule has 3 heteroatoms. The van der Waals surface area contributed by atoms with Crippen molar-refractivity contribution in [2.24, 2.45) is 11.5 Å². The molecule has 0 bridgehead atoms. The van der Waals surface area contributed by atoms with Gasteiger partial charge in [-0.15, -0.1) is 0 Å². The average Bonchev–Trinajstić information content (AvgIpc) is 1.68. The van der Waals surface area contributed by atoms with Gasteiger partial charge in [0.05, 0.1) is 0 Å². The second-order valence-corrected chi connectivity index (χ2v) is 1.72. The summed E-state index contributed by atoms with van der Waals surface area (Å²) in [6, 6.07) is 0. The van der Waals surface area contributed by atoms with Crippen molar-refractivity contribution in [1.82, 2.24) is 0 Å². The fraction of sp³-hybridized carbons (Fsp3) is 1.00. The highest BCUT2D eigenvalue weighted by Gasteiger charge is 2.11. The van der Waals surface area contributed by atoms with Crippen LogP contribution in [0.3, 0.4) is 0 Å². The maximum absolute atomic E-state index is 5.37. The van der Waals surface area contributed by atoms with Crippen LogP contribution in [0, 0.1) is 0 Å². The topological polar surface area (TPSA) is 61.3 Å². The van der Waals surface area contributed by atoms with Gasteiger partial charge in [0, 0.05) is 13.7 Å². The van der Waals surface area contributed by atoms with Crippen LogP contribution in [0.15, 0.2) is 0 Å². The normalized spacial score (nSPS) is 18.9. The molecule has 44 valence electrons. The Morgan fingerprint density at radius 1 is 1.71 bits per heavy atom. The van der Waals surface area contributed by atoms with Crippen LogP contribution >= 0.6 is 0 Å². The molecule has 1 unspecified atom stereocenters. The van der Waals surface area contributed by atoms with E-state index in [2.05, 4.69) is 0 Å². The van der Waals surface area contributed by atoms with E-state index in [0.29, 0.717) is 6.54 Å². The van der Waals surface area contributed by atoms with Crippen molar-refractivity contribution in [3.63, 3.8) is 0 Å². The van der Waals surface area contributed by atoms with E-state index in [9.17, 15) is 0 Å². The Bertz CT molecular complexity index is 47.7. The molecule has 3 nitrogen and oxygen atoms in total. The highest BCUT2D eigenvalue weighted by Crippen LogP contribution is 1.92. The summed E-state index contributed by atoms with van der Waals surface area (Å²) in [6.07, 6.45) is 0. The predicted octanol–water partition coefficient (Wildman–Crippen LogP) is -0.734. The molecule has 0 saturated heterocycles. The molecule has 1 atom stereocenters. The van der Waals surface area contributed by atoms with Crippen molar-refractivity contribution in [3.05, 3.63) is 0 Å². The van der Waals surface area contributed by atoms with Crippen LogP contribution in [0.25, 0.3) is 0 Å². The van der Waals surface area contributed by atoms with Crippen LogP contribution < -0.4 is 11.5 Å². The van der Waals surface area contributed by atoms with Crippen LogP contribution in [0.4, 0.5) is 0 Å². The second kappa shape index (κ2) is 2.26. The third-order valence-corrected chi connectivity index (χ3v) is 0.872. The summed E-state index contributed by atoms with van der Waals surface area (Å²) in [5.41, 5.74) is 9.90. The van der Waals surface area contributed by atoms with Gasteiger partial charge in [-0.1, -0.05) is 0 Å². The first-order valence-corrected chi connectivity index (χ1v) is 2.16. The minimum absolute atomic E-state index is 0.351. The lowest BCUT2D eigenvalue weighted by Gasteiger charge is -2.19. The molecule has 0 spiro atoms. The van der Waals surface area contributed by atoms with E-state index < -0.39 is 5.72 Å². The summed E-state index contributed by atoms with van der Waals surface area (Å²) in [5, 5.41) is 0. The van der Waals surface area contributed by atoms with Crippen molar-refractivity contribution >= 4 is 0 Å². The van der Waals surface area contributed by atoms with Gasteiger partial charge in [0.1, 0.15) is 5.72 Å². The fourth-order valence-electron chi connectivity index (χ4n) is 0.0833. The molecule has 0 saturated carbocycles. The maximum atomic E-state index is 5.37. The number of hydrogen-bond donors (Lipinski definition) is 2. The van der Waals surface area contributed by atoms with E-state index in [1.165, 1.54) is 7.11 Å². The zero-order valence-corrected chi connectivity index (χ0v) is 4.77. The monoisotopic (exact) mass is 104 g/mol. The van der Waals surface area contributed by atoms with Gasteiger partial charge >= 0.3 is 0 Å². The first kappa shape index (κ1) is 6.88. The third kappa shape index (κ3) is 2.56. The van der Waals surface area contributed by atoms with Gasteiger partial charge in [0.15, 0.2) is 0 Å². The number of methoxy groups -OCH3 is 1. The van der Waals surface area contributed by atoms with E-state index in [1.54, 1.807) is 6.92 Å². The molecule has 0 aliphatic carbocycles. The Hall–Kier alpha value is -0.120. The highest BCUT2D eigenvalue weighted by atomic mass is 16.5. The van der Waals surface area contributed by atoms with E-state index >= 15 is 0 Å². The standard InChI is InChI=1S/C4H12N2O/c1-4(6,3-5)7-2/h3,5-6H2,1-2H3. The van der Waals surface area contributed by atoms with E-state index in [1.807, 2.05) is 0 Å². The lowest BCUT2D eigenvalue weighted by atomic mass is 10.3. The zero-order chi connectivity index (χ0) is 5.91. The van der Waals surface area contributed by atoms with Crippen LogP contribution in [0.2, 0.25) is 0 Å². The number of rotatable bonds is 2. The van der Waals surface area contributed by atoms with Crippen molar-refractivity contribution < 1.29 is 4.74 Å². The van der Waals surface area contributed by atoms with Crippen LogP contribution in [0.5, 0.6) is 0 Å². The number of hydrogen-bond acceptors (Lipinski definition) is 3. The Morgan fingerprint density at radius 3 is 2.14 bits per heavy atom. The molecule has 7 heavy (non-hydrogen) atoms. The SMILES string of the molecule is COC(C)(N)CN. The number of nitrogens with two attached hydrogens (primary N) is 2. The lowest BCUT2D eigenvalue weighted by molar-refractivity contribution is 0.0197. The molecule has 0 rings (SSSR count). The van der Waals surface area contributed by atoms with Gasteiger partial charge in [-0.2, -0.15) is 0 Å². The first-order valence-electron chi connectivity index (χ1n) is 2.16. The highest BCUT2D eigenvalue weighted by molar-refractivity contribution is 4.64. The average molecular weight is 104 g/mol.